The number of anilines is 3. The van der Waals surface area contributed by atoms with Gasteiger partial charge in [-0.1, -0.05) is 11.6 Å². The number of ether oxygens (including phenoxy) is 1. The van der Waals surface area contributed by atoms with Gasteiger partial charge < -0.3 is 15.4 Å². The summed E-state index contributed by atoms with van der Waals surface area (Å²) in [7, 11) is 0. The fourth-order valence-electron chi connectivity index (χ4n) is 2.33. The second kappa shape index (κ2) is 8.34. The fourth-order valence-corrected chi connectivity index (χ4v) is 2.47. The van der Waals surface area contributed by atoms with Gasteiger partial charge >= 0.3 is 0 Å². The molecule has 0 fully saturated rings. The minimum atomic E-state index is -0.762. The number of nitrogens with one attached hydrogen (secondary N) is 3. The lowest BCUT2D eigenvalue weighted by atomic mass is 10.2. The van der Waals surface area contributed by atoms with Crippen molar-refractivity contribution < 1.29 is 13.5 Å². The van der Waals surface area contributed by atoms with E-state index in [0.29, 0.717) is 17.5 Å². The summed E-state index contributed by atoms with van der Waals surface area (Å²) in [6.07, 6.45) is 2.32. The summed E-state index contributed by atoms with van der Waals surface area (Å²) in [5.74, 6) is -0.0822. The standard InChI is InChI=1S/C17H18ClF2N7O/c1-8(2)28-14-5-13(26-27-14)24-16-11(18)7-22-17(25-16)23-9(3)15-12(20)4-10(19)6-21-15/h4-9H,1-3H3,(H3,22,23,24,25,26,27)/t9-/m0/s1. The lowest BCUT2D eigenvalue weighted by molar-refractivity contribution is 0.232. The van der Waals surface area contributed by atoms with Crippen LogP contribution in [0.4, 0.5) is 26.4 Å². The molecule has 0 bridgehead atoms. The number of aromatic amines is 1. The number of halogens is 3. The van der Waals surface area contributed by atoms with E-state index in [1.807, 2.05) is 13.8 Å². The highest BCUT2D eigenvalue weighted by Gasteiger charge is 2.16. The molecule has 0 radical (unpaired) electrons. The molecular formula is C17H18ClF2N7O. The zero-order valence-corrected chi connectivity index (χ0v) is 16.1. The van der Waals surface area contributed by atoms with Crippen LogP contribution >= 0.6 is 11.6 Å². The minimum absolute atomic E-state index is 0.0171. The summed E-state index contributed by atoms with van der Waals surface area (Å²) in [6, 6.07) is 1.82. The van der Waals surface area contributed by atoms with Crippen molar-refractivity contribution in [2.24, 2.45) is 0 Å². The number of rotatable bonds is 7. The van der Waals surface area contributed by atoms with Crippen LogP contribution < -0.4 is 15.4 Å². The Morgan fingerprint density at radius 2 is 1.93 bits per heavy atom. The van der Waals surface area contributed by atoms with Crippen LogP contribution in [0.3, 0.4) is 0 Å². The molecule has 148 valence electrons. The Hall–Kier alpha value is -3.01. The molecule has 1 atom stereocenters. The maximum absolute atomic E-state index is 13.9. The highest BCUT2D eigenvalue weighted by Crippen LogP contribution is 2.26. The summed E-state index contributed by atoms with van der Waals surface area (Å²) in [6.45, 7) is 5.43. The van der Waals surface area contributed by atoms with Crippen LogP contribution in [0.25, 0.3) is 0 Å². The van der Waals surface area contributed by atoms with E-state index in [4.69, 9.17) is 16.3 Å². The smallest absolute Gasteiger partial charge is 0.234 e. The molecule has 3 aromatic heterocycles. The molecule has 0 spiro atoms. The average Bonchev–Trinajstić information content (AvgIpc) is 3.04. The molecule has 0 aliphatic rings. The third-order valence-electron chi connectivity index (χ3n) is 3.50. The maximum Gasteiger partial charge on any atom is 0.234 e. The van der Waals surface area contributed by atoms with Crippen molar-refractivity contribution >= 4 is 29.2 Å². The van der Waals surface area contributed by atoms with Crippen LogP contribution in [-0.4, -0.2) is 31.3 Å². The monoisotopic (exact) mass is 409 g/mol. The first-order valence-electron chi connectivity index (χ1n) is 8.41. The quantitative estimate of drug-likeness (QED) is 0.536. The van der Waals surface area contributed by atoms with E-state index >= 15 is 0 Å². The van der Waals surface area contributed by atoms with Gasteiger partial charge in [0.25, 0.3) is 0 Å². The number of H-pyrrole nitrogens is 1. The van der Waals surface area contributed by atoms with Crippen molar-refractivity contribution in [2.45, 2.75) is 32.9 Å². The lowest BCUT2D eigenvalue weighted by Crippen LogP contribution is -2.13. The molecule has 0 saturated heterocycles. The van der Waals surface area contributed by atoms with Crippen molar-refractivity contribution in [3.8, 4) is 5.88 Å². The Kier molecular flexibility index (Phi) is 5.88. The number of nitrogens with zero attached hydrogens (tertiary/aromatic N) is 4. The number of hydrogen-bond donors (Lipinski definition) is 3. The third kappa shape index (κ3) is 4.83. The van der Waals surface area contributed by atoms with Crippen molar-refractivity contribution in [3.05, 3.63) is 46.9 Å². The first kappa shape index (κ1) is 19.7. The summed E-state index contributed by atoms with van der Waals surface area (Å²) in [5, 5.41) is 12.9. The van der Waals surface area contributed by atoms with E-state index in [2.05, 4.69) is 35.8 Å². The van der Waals surface area contributed by atoms with Crippen LogP contribution in [-0.2, 0) is 0 Å². The summed E-state index contributed by atoms with van der Waals surface area (Å²) >= 11 is 6.14. The second-order valence-corrected chi connectivity index (χ2v) is 6.60. The number of aromatic nitrogens is 5. The molecule has 3 aromatic rings. The molecule has 0 amide bonds. The van der Waals surface area contributed by atoms with E-state index in [-0.39, 0.29) is 22.8 Å². The molecule has 0 saturated carbocycles. The zero-order chi connectivity index (χ0) is 20.3. The van der Waals surface area contributed by atoms with Gasteiger partial charge in [-0.25, -0.2) is 13.8 Å². The number of hydrogen-bond acceptors (Lipinski definition) is 7. The second-order valence-electron chi connectivity index (χ2n) is 6.19. The van der Waals surface area contributed by atoms with E-state index in [1.165, 1.54) is 6.20 Å². The van der Waals surface area contributed by atoms with Crippen LogP contribution in [0.15, 0.2) is 24.5 Å². The molecule has 0 aromatic carbocycles. The minimum Gasteiger partial charge on any atom is -0.474 e. The molecule has 28 heavy (non-hydrogen) atoms. The molecule has 3 N–H and O–H groups in total. The van der Waals surface area contributed by atoms with E-state index in [0.717, 1.165) is 12.3 Å². The largest absolute Gasteiger partial charge is 0.474 e. The van der Waals surface area contributed by atoms with Gasteiger partial charge in [-0.3, -0.25) is 10.1 Å². The summed E-state index contributed by atoms with van der Waals surface area (Å²) < 4.78 is 32.4. The van der Waals surface area contributed by atoms with E-state index in [9.17, 15) is 8.78 Å². The van der Waals surface area contributed by atoms with E-state index < -0.39 is 17.7 Å². The molecule has 0 aliphatic carbocycles. The Balaban J connectivity index is 1.74. The van der Waals surface area contributed by atoms with Crippen LogP contribution in [0, 0.1) is 11.6 Å². The maximum atomic E-state index is 13.9. The normalized spacial score (nSPS) is 12.1. The van der Waals surface area contributed by atoms with Crippen molar-refractivity contribution in [1.29, 1.82) is 0 Å². The highest BCUT2D eigenvalue weighted by atomic mass is 35.5. The predicted octanol–water partition coefficient (Wildman–Crippen LogP) is 4.23. The highest BCUT2D eigenvalue weighted by molar-refractivity contribution is 6.32. The van der Waals surface area contributed by atoms with Crippen LogP contribution in [0.5, 0.6) is 5.88 Å². The van der Waals surface area contributed by atoms with Gasteiger partial charge in [0.1, 0.15) is 22.5 Å². The molecule has 0 aliphatic heterocycles. The Morgan fingerprint density at radius 3 is 2.64 bits per heavy atom. The van der Waals surface area contributed by atoms with Crippen LogP contribution in [0.1, 0.15) is 32.5 Å². The first-order valence-corrected chi connectivity index (χ1v) is 8.78. The van der Waals surface area contributed by atoms with Gasteiger partial charge in [-0.2, -0.15) is 4.98 Å². The van der Waals surface area contributed by atoms with Crippen molar-refractivity contribution in [2.75, 3.05) is 10.6 Å². The molecule has 0 unspecified atom stereocenters. The van der Waals surface area contributed by atoms with Crippen molar-refractivity contribution in [3.63, 3.8) is 0 Å². The predicted molar refractivity (Wildman–Crippen MR) is 101 cm³/mol. The van der Waals surface area contributed by atoms with Gasteiger partial charge in [0.15, 0.2) is 5.82 Å². The van der Waals surface area contributed by atoms with Gasteiger partial charge in [-0.05, 0) is 20.8 Å². The van der Waals surface area contributed by atoms with Gasteiger partial charge in [-0.15, -0.1) is 5.10 Å². The molecule has 3 heterocycles. The SMILES string of the molecule is CC(C)Oc1cc(Nc2nc(N[C@@H](C)c3ncc(F)cc3F)ncc2Cl)[nH]n1. The lowest BCUT2D eigenvalue weighted by Gasteiger charge is -2.15. The molecule has 11 heteroatoms. The van der Waals surface area contributed by atoms with Crippen LogP contribution in [0.2, 0.25) is 5.02 Å². The van der Waals surface area contributed by atoms with Crippen molar-refractivity contribution in [1.82, 2.24) is 25.1 Å². The third-order valence-corrected chi connectivity index (χ3v) is 3.78. The molecular weight excluding hydrogens is 392 g/mol. The summed E-state index contributed by atoms with van der Waals surface area (Å²) in [4.78, 5) is 12.1. The Morgan fingerprint density at radius 1 is 1.14 bits per heavy atom. The fraction of sp³-hybridized carbons (Fsp3) is 0.294. The average molecular weight is 410 g/mol. The topological polar surface area (TPSA) is 101 Å². The first-order chi connectivity index (χ1) is 13.3. The van der Waals surface area contributed by atoms with E-state index in [1.54, 1.807) is 13.0 Å². The Bertz CT molecular complexity index is 966. The van der Waals surface area contributed by atoms with Gasteiger partial charge in [0, 0.05) is 12.1 Å². The number of pyridine rings is 1. The summed E-state index contributed by atoms with van der Waals surface area (Å²) in [5.41, 5.74) is 0.0403. The Labute approximate surface area is 164 Å². The zero-order valence-electron chi connectivity index (χ0n) is 15.3. The molecule has 8 nitrogen and oxygen atoms in total. The van der Waals surface area contributed by atoms with Gasteiger partial charge in [0.05, 0.1) is 30.2 Å². The van der Waals surface area contributed by atoms with Gasteiger partial charge in [0.2, 0.25) is 11.8 Å². The molecule has 3 rings (SSSR count).